The van der Waals surface area contributed by atoms with Crippen molar-refractivity contribution < 1.29 is 14.3 Å². The first kappa shape index (κ1) is 22.4. The van der Waals surface area contributed by atoms with Gasteiger partial charge in [0.05, 0.1) is 38.2 Å². The largest absolute Gasteiger partial charge is 0.493 e. The number of aliphatic imine (C=N–C) groups is 1. The van der Waals surface area contributed by atoms with Gasteiger partial charge in [-0.2, -0.15) is 0 Å². The molecule has 0 aliphatic heterocycles. The highest BCUT2D eigenvalue weighted by Gasteiger charge is 2.20. The van der Waals surface area contributed by atoms with Crippen molar-refractivity contribution in [1.29, 1.82) is 0 Å². The van der Waals surface area contributed by atoms with E-state index in [1.165, 1.54) is 12.8 Å². The van der Waals surface area contributed by atoms with Crippen molar-refractivity contribution in [3.63, 3.8) is 0 Å². The molecule has 0 saturated heterocycles. The van der Waals surface area contributed by atoms with Crippen LogP contribution in [-0.4, -0.2) is 43.2 Å². The molecule has 0 radical (unpaired) electrons. The zero-order valence-electron chi connectivity index (χ0n) is 18.2. The topological polar surface area (TPSA) is 96.9 Å². The second-order valence-electron chi connectivity index (χ2n) is 7.31. The molecule has 3 rings (SSSR count). The number of para-hydroxylation sites is 1. The van der Waals surface area contributed by atoms with E-state index in [9.17, 15) is 4.79 Å². The Kier molecular flexibility index (Phi) is 8.51. The van der Waals surface area contributed by atoms with Gasteiger partial charge in [-0.05, 0) is 50.8 Å². The van der Waals surface area contributed by atoms with Gasteiger partial charge in [-0.1, -0.05) is 12.1 Å². The van der Waals surface area contributed by atoms with Crippen LogP contribution >= 0.6 is 0 Å². The molecule has 0 atom stereocenters. The maximum atomic E-state index is 12.2. The zero-order chi connectivity index (χ0) is 21.9. The summed E-state index contributed by atoms with van der Waals surface area (Å²) in [6.07, 6.45) is 8.01. The Labute approximate surface area is 183 Å². The summed E-state index contributed by atoms with van der Waals surface area (Å²) in [6, 6.07) is 9.40. The van der Waals surface area contributed by atoms with Gasteiger partial charge in [0.25, 0.3) is 0 Å². The van der Waals surface area contributed by atoms with Crippen LogP contribution in [-0.2, 0) is 11.3 Å². The number of nitrogens with zero attached hydrogens (tertiary/aromatic N) is 2. The van der Waals surface area contributed by atoms with Crippen LogP contribution in [0.15, 0.2) is 47.7 Å². The summed E-state index contributed by atoms with van der Waals surface area (Å²) in [4.78, 5) is 20.8. The number of carbonyl (C=O) groups is 1. The lowest BCUT2D eigenvalue weighted by atomic mass is 10.1. The highest BCUT2D eigenvalue weighted by atomic mass is 16.5. The predicted octanol–water partition coefficient (Wildman–Crippen LogP) is 3.11. The Bertz CT molecular complexity index is 867. The van der Waals surface area contributed by atoms with Gasteiger partial charge in [0.2, 0.25) is 5.91 Å². The maximum absolute atomic E-state index is 12.2. The standard InChI is InChI=1S/C23H31N5O3/c1-3-25-23(27-16-21(29)28-18-9-7-13-24-15-18)26-14-17-8-6-12-20(30-2)22(17)31-19-10-4-5-11-19/h6-9,12-13,15,19H,3-5,10-11,14,16H2,1-2H3,(H,28,29)(H2,25,26,27). The smallest absolute Gasteiger partial charge is 0.243 e. The van der Waals surface area contributed by atoms with Crippen molar-refractivity contribution in [3.05, 3.63) is 48.3 Å². The molecule has 1 fully saturated rings. The number of hydrogen-bond donors (Lipinski definition) is 3. The third kappa shape index (κ3) is 6.87. The molecule has 8 heteroatoms. The third-order valence-corrected chi connectivity index (χ3v) is 4.98. The highest BCUT2D eigenvalue weighted by molar-refractivity contribution is 5.94. The van der Waals surface area contributed by atoms with Crippen LogP contribution in [0.4, 0.5) is 5.69 Å². The van der Waals surface area contributed by atoms with Crippen molar-refractivity contribution in [2.45, 2.75) is 45.3 Å². The monoisotopic (exact) mass is 425 g/mol. The van der Waals surface area contributed by atoms with Crippen LogP contribution in [0.3, 0.4) is 0 Å². The van der Waals surface area contributed by atoms with Crippen LogP contribution in [0.25, 0.3) is 0 Å². The van der Waals surface area contributed by atoms with E-state index in [0.717, 1.165) is 24.2 Å². The molecule has 3 N–H and O–H groups in total. The number of guanidine groups is 1. The number of methoxy groups -OCH3 is 1. The normalized spacial score (nSPS) is 14.2. The fourth-order valence-corrected chi connectivity index (χ4v) is 3.47. The van der Waals surface area contributed by atoms with Gasteiger partial charge in [0.1, 0.15) is 0 Å². The van der Waals surface area contributed by atoms with E-state index in [1.807, 2.05) is 25.1 Å². The van der Waals surface area contributed by atoms with Crippen LogP contribution < -0.4 is 25.4 Å². The lowest BCUT2D eigenvalue weighted by Crippen LogP contribution is -2.41. The van der Waals surface area contributed by atoms with Crippen molar-refractivity contribution >= 4 is 17.6 Å². The summed E-state index contributed by atoms with van der Waals surface area (Å²) in [5.41, 5.74) is 1.60. The highest BCUT2D eigenvalue weighted by Crippen LogP contribution is 2.35. The summed E-state index contributed by atoms with van der Waals surface area (Å²) in [6.45, 7) is 3.15. The van der Waals surface area contributed by atoms with Gasteiger partial charge in [0.15, 0.2) is 17.5 Å². The number of ether oxygens (including phenoxy) is 2. The van der Waals surface area contributed by atoms with Crippen LogP contribution in [0.5, 0.6) is 11.5 Å². The molecule has 1 amide bonds. The van der Waals surface area contributed by atoms with Crippen molar-refractivity contribution in [1.82, 2.24) is 15.6 Å². The van der Waals surface area contributed by atoms with Crippen LogP contribution in [0, 0.1) is 0 Å². The quantitative estimate of drug-likeness (QED) is 0.422. The number of benzene rings is 1. The molecule has 0 unspecified atom stereocenters. The summed E-state index contributed by atoms with van der Waals surface area (Å²) in [5.74, 6) is 1.85. The minimum atomic E-state index is -0.176. The molecule has 1 heterocycles. The zero-order valence-corrected chi connectivity index (χ0v) is 18.2. The molecule has 8 nitrogen and oxygen atoms in total. The number of amides is 1. The molecule has 0 bridgehead atoms. The second kappa shape index (κ2) is 11.8. The van der Waals surface area contributed by atoms with E-state index < -0.39 is 0 Å². The number of nitrogens with one attached hydrogen (secondary N) is 3. The second-order valence-corrected chi connectivity index (χ2v) is 7.31. The third-order valence-electron chi connectivity index (χ3n) is 4.98. The number of carbonyl (C=O) groups excluding carboxylic acids is 1. The Morgan fingerprint density at radius 3 is 2.74 bits per heavy atom. The summed E-state index contributed by atoms with van der Waals surface area (Å²) in [5, 5.41) is 9.03. The average Bonchev–Trinajstić information content (AvgIpc) is 3.30. The molecule has 2 aromatic rings. The van der Waals surface area contributed by atoms with Gasteiger partial charge in [-0.3, -0.25) is 9.78 Å². The molecule has 1 aliphatic carbocycles. The van der Waals surface area contributed by atoms with Gasteiger partial charge in [-0.15, -0.1) is 0 Å². The number of rotatable bonds is 9. The Hall–Kier alpha value is -3.29. The lowest BCUT2D eigenvalue weighted by molar-refractivity contribution is -0.115. The number of hydrogen-bond acceptors (Lipinski definition) is 5. The van der Waals surface area contributed by atoms with E-state index in [0.29, 0.717) is 30.5 Å². The maximum Gasteiger partial charge on any atom is 0.243 e. The number of pyridine rings is 1. The van der Waals surface area contributed by atoms with Crippen molar-refractivity contribution in [3.8, 4) is 11.5 Å². The van der Waals surface area contributed by atoms with Crippen molar-refractivity contribution in [2.75, 3.05) is 25.5 Å². The molecule has 0 spiro atoms. The first-order valence-electron chi connectivity index (χ1n) is 10.7. The average molecular weight is 426 g/mol. The van der Waals surface area contributed by atoms with Crippen LogP contribution in [0.2, 0.25) is 0 Å². The minimum Gasteiger partial charge on any atom is -0.493 e. The summed E-state index contributed by atoms with van der Waals surface area (Å²) in [7, 11) is 1.65. The van der Waals surface area contributed by atoms with E-state index in [1.54, 1.807) is 31.6 Å². The number of aromatic nitrogens is 1. The molecule has 166 valence electrons. The Balaban J connectivity index is 1.64. The van der Waals surface area contributed by atoms with Crippen molar-refractivity contribution in [2.24, 2.45) is 4.99 Å². The summed E-state index contributed by atoms with van der Waals surface area (Å²) >= 11 is 0. The van der Waals surface area contributed by atoms with E-state index >= 15 is 0 Å². The minimum absolute atomic E-state index is 0.0876. The summed E-state index contributed by atoms with van der Waals surface area (Å²) < 4.78 is 11.8. The van der Waals surface area contributed by atoms with E-state index in [4.69, 9.17) is 9.47 Å². The van der Waals surface area contributed by atoms with Gasteiger partial charge < -0.3 is 25.4 Å². The first-order valence-corrected chi connectivity index (χ1v) is 10.7. The van der Waals surface area contributed by atoms with Gasteiger partial charge in [0, 0.05) is 18.3 Å². The molecule has 1 aromatic carbocycles. The fraction of sp³-hybridized carbons (Fsp3) is 0.435. The lowest BCUT2D eigenvalue weighted by Gasteiger charge is -2.19. The first-order chi connectivity index (χ1) is 15.2. The molecule has 1 aromatic heterocycles. The molecule has 1 saturated carbocycles. The SMILES string of the molecule is CCNC(=NCc1cccc(OC)c1OC1CCCC1)NCC(=O)Nc1cccnc1. The number of anilines is 1. The van der Waals surface area contributed by atoms with Gasteiger partial charge in [-0.25, -0.2) is 4.99 Å². The van der Waals surface area contributed by atoms with Crippen LogP contribution in [0.1, 0.15) is 38.2 Å². The molecule has 31 heavy (non-hydrogen) atoms. The van der Waals surface area contributed by atoms with E-state index in [-0.39, 0.29) is 18.6 Å². The fourth-order valence-electron chi connectivity index (χ4n) is 3.47. The van der Waals surface area contributed by atoms with Gasteiger partial charge >= 0.3 is 0 Å². The Morgan fingerprint density at radius 1 is 1.19 bits per heavy atom. The molecule has 1 aliphatic rings. The predicted molar refractivity (Wildman–Crippen MR) is 122 cm³/mol. The molecular formula is C23H31N5O3. The van der Waals surface area contributed by atoms with E-state index in [2.05, 4.69) is 25.9 Å². The Morgan fingerprint density at radius 2 is 2.03 bits per heavy atom. The molecular weight excluding hydrogens is 394 g/mol.